The van der Waals surface area contributed by atoms with Gasteiger partial charge >= 0.3 is 12.0 Å². The summed E-state index contributed by atoms with van der Waals surface area (Å²) < 4.78 is 10.5. The minimum atomic E-state index is -0.705. The van der Waals surface area contributed by atoms with E-state index in [2.05, 4.69) is 10.6 Å². The van der Waals surface area contributed by atoms with Gasteiger partial charge in [-0.25, -0.2) is 9.59 Å². The lowest BCUT2D eigenvalue weighted by molar-refractivity contribution is -0.150. The highest BCUT2D eigenvalue weighted by Crippen LogP contribution is 2.34. The van der Waals surface area contributed by atoms with Gasteiger partial charge in [0.1, 0.15) is 5.60 Å². The van der Waals surface area contributed by atoms with Gasteiger partial charge in [0, 0.05) is 5.70 Å². The first-order valence-corrected chi connectivity index (χ1v) is 7.51. The molecule has 2 rings (SSSR count). The second kappa shape index (κ2) is 6.43. The first kappa shape index (κ1) is 17.7. The number of urea groups is 1. The fourth-order valence-electron chi connectivity index (χ4n) is 2.42. The van der Waals surface area contributed by atoms with E-state index in [1.807, 2.05) is 0 Å². The zero-order valence-electron chi connectivity index (χ0n) is 14.4. The van der Waals surface area contributed by atoms with Crippen LogP contribution in [-0.4, -0.2) is 29.8 Å². The predicted molar refractivity (Wildman–Crippen MR) is 87.6 cm³/mol. The number of aromatic hydroxyl groups is 1. The summed E-state index contributed by atoms with van der Waals surface area (Å²) in [5.41, 5.74) is 0.658. The third kappa shape index (κ3) is 3.79. The Labute approximate surface area is 140 Å². The van der Waals surface area contributed by atoms with Crippen LogP contribution in [0.3, 0.4) is 0 Å². The molecule has 0 saturated carbocycles. The van der Waals surface area contributed by atoms with Crippen LogP contribution < -0.4 is 15.4 Å². The molecule has 0 unspecified atom stereocenters. The second-order valence-electron chi connectivity index (χ2n) is 6.50. The third-order valence-electron chi connectivity index (χ3n) is 3.43. The molecule has 0 saturated heterocycles. The summed E-state index contributed by atoms with van der Waals surface area (Å²) in [7, 11) is 1.43. The minimum absolute atomic E-state index is 0.0268. The minimum Gasteiger partial charge on any atom is -0.504 e. The van der Waals surface area contributed by atoms with Gasteiger partial charge in [0.2, 0.25) is 0 Å². The van der Waals surface area contributed by atoms with Gasteiger partial charge in [-0.05, 0) is 45.4 Å². The molecule has 1 aromatic rings. The summed E-state index contributed by atoms with van der Waals surface area (Å²) in [4.78, 5) is 24.4. The van der Waals surface area contributed by atoms with E-state index < -0.39 is 23.6 Å². The zero-order valence-corrected chi connectivity index (χ0v) is 14.4. The number of phenolic OH excluding ortho intramolecular Hbond substituents is 1. The van der Waals surface area contributed by atoms with Gasteiger partial charge in [0.25, 0.3) is 0 Å². The predicted octanol–water partition coefficient (Wildman–Crippen LogP) is 2.37. The van der Waals surface area contributed by atoms with Crippen molar-refractivity contribution in [1.82, 2.24) is 10.6 Å². The number of rotatable bonds is 3. The van der Waals surface area contributed by atoms with Gasteiger partial charge in [-0.15, -0.1) is 0 Å². The van der Waals surface area contributed by atoms with Crippen molar-refractivity contribution in [3.63, 3.8) is 0 Å². The number of allylic oxidation sites excluding steroid dienone is 1. The molecule has 24 heavy (non-hydrogen) atoms. The fraction of sp³-hybridized carbons (Fsp3) is 0.412. The standard InChI is InChI=1S/C17H22N2O5/c1-9-13(15(21)24-17(2,3)4)14(19-16(22)18-9)10-6-7-11(20)12(8-10)23-5/h6-8,14,20H,1-5H3,(H2,18,19,22)/t14-/m1/s1. The van der Waals surface area contributed by atoms with E-state index >= 15 is 0 Å². The van der Waals surface area contributed by atoms with Crippen LogP contribution in [0, 0.1) is 0 Å². The van der Waals surface area contributed by atoms with Gasteiger partial charge in [0.05, 0.1) is 18.7 Å². The van der Waals surface area contributed by atoms with Crippen LogP contribution in [0.25, 0.3) is 0 Å². The highest BCUT2D eigenvalue weighted by molar-refractivity contribution is 5.95. The highest BCUT2D eigenvalue weighted by atomic mass is 16.6. The molecule has 2 amide bonds. The Hall–Kier alpha value is -2.70. The van der Waals surface area contributed by atoms with E-state index in [1.165, 1.54) is 13.2 Å². The molecule has 0 spiro atoms. The molecule has 1 aliphatic heterocycles. The monoisotopic (exact) mass is 334 g/mol. The lowest BCUT2D eigenvalue weighted by atomic mass is 9.95. The van der Waals surface area contributed by atoms with Gasteiger partial charge in [-0.1, -0.05) is 6.07 Å². The topological polar surface area (TPSA) is 96.9 Å². The summed E-state index contributed by atoms with van der Waals surface area (Å²) in [6.07, 6.45) is 0. The van der Waals surface area contributed by atoms with Crippen LogP contribution in [0.2, 0.25) is 0 Å². The van der Waals surface area contributed by atoms with Gasteiger partial charge < -0.3 is 25.2 Å². The molecule has 1 atom stereocenters. The Bertz CT molecular complexity index is 703. The summed E-state index contributed by atoms with van der Waals surface area (Å²) in [5, 5.41) is 15.0. The van der Waals surface area contributed by atoms with Crippen LogP contribution in [0.1, 0.15) is 39.3 Å². The number of methoxy groups -OCH3 is 1. The van der Waals surface area contributed by atoms with E-state index in [0.29, 0.717) is 16.8 Å². The average molecular weight is 334 g/mol. The van der Waals surface area contributed by atoms with Gasteiger partial charge in [0.15, 0.2) is 11.5 Å². The average Bonchev–Trinajstić information content (AvgIpc) is 2.44. The molecule has 0 bridgehead atoms. The van der Waals surface area contributed by atoms with Crippen molar-refractivity contribution in [1.29, 1.82) is 0 Å². The van der Waals surface area contributed by atoms with Crippen LogP contribution in [0.4, 0.5) is 4.79 Å². The van der Waals surface area contributed by atoms with Crippen molar-refractivity contribution in [2.24, 2.45) is 0 Å². The van der Waals surface area contributed by atoms with E-state index in [9.17, 15) is 14.7 Å². The maximum Gasteiger partial charge on any atom is 0.338 e. The largest absolute Gasteiger partial charge is 0.504 e. The lowest BCUT2D eigenvalue weighted by Crippen LogP contribution is -2.46. The second-order valence-corrected chi connectivity index (χ2v) is 6.50. The Morgan fingerprint density at radius 1 is 1.29 bits per heavy atom. The highest BCUT2D eigenvalue weighted by Gasteiger charge is 2.34. The molecular weight excluding hydrogens is 312 g/mol. The SMILES string of the molecule is COc1cc([C@H]2NC(=O)NC(C)=C2C(=O)OC(C)(C)C)ccc1O. The summed E-state index contributed by atoms with van der Waals surface area (Å²) in [6.45, 7) is 6.96. The Morgan fingerprint density at radius 3 is 2.54 bits per heavy atom. The van der Waals surface area contributed by atoms with Crippen molar-refractivity contribution in [2.45, 2.75) is 39.3 Å². The molecule has 130 valence electrons. The maximum atomic E-state index is 12.6. The van der Waals surface area contributed by atoms with Crippen molar-refractivity contribution in [3.8, 4) is 11.5 Å². The Balaban J connectivity index is 2.47. The molecule has 0 radical (unpaired) electrons. The van der Waals surface area contributed by atoms with Crippen molar-refractivity contribution in [3.05, 3.63) is 35.0 Å². The Kier molecular flexibility index (Phi) is 4.73. The quantitative estimate of drug-likeness (QED) is 0.737. The number of hydrogen-bond donors (Lipinski definition) is 3. The van der Waals surface area contributed by atoms with E-state index in [4.69, 9.17) is 9.47 Å². The third-order valence-corrected chi connectivity index (χ3v) is 3.43. The maximum absolute atomic E-state index is 12.6. The number of phenols is 1. The fourth-order valence-corrected chi connectivity index (χ4v) is 2.42. The first-order chi connectivity index (χ1) is 11.1. The number of ether oxygens (including phenoxy) is 2. The molecule has 1 aromatic carbocycles. The summed E-state index contributed by atoms with van der Waals surface area (Å²) in [6, 6.07) is 3.51. The molecule has 7 nitrogen and oxygen atoms in total. The molecule has 7 heteroatoms. The van der Waals surface area contributed by atoms with E-state index in [-0.39, 0.29) is 11.5 Å². The number of carbonyl (C=O) groups excluding carboxylic acids is 2. The zero-order chi connectivity index (χ0) is 18.1. The number of amides is 2. The smallest absolute Gasteiger partial charge is 0.338 e. The van der Waals surface area contributed by atoms with E-state index in [0.717, 1.165) is 0 Å². The van der Waals surface area contributed by atoms with Crippen molar-refractivity contribution < 1.29 is 24.2 Å². The number of esters is 1. The molecule has 3 N–H and O–H groups in total. The van der Waals surface area contributed by atoms with Crippen LogP contribution in [-0.2, 0) is 9.53 Å². The number of carbonyl (C=O) groups is 2. The van der Waals surface area contributed by atoms with Crippen molar-refractivity contribution >= 4 is 12.0 Å². The van der Waals surface area contributed by atoms with Crippen LogP contribution >= 0.6 is 0 Å². The number of nitrogens with one attached hydrogen (secondary N) is 2. The lowest BCUT2D eigenvalue weighted by Gasteiger charge is -2.30. The van der Waals surface area contributed by atoms with Gasteiger partial charge in [-0.2, -0.15) is 0 Å². The number of benzene rings is 1. The Morgan fingerprint density at radius 2 is 1.96 bits per heavy atom. The molecule has 0 aliphatic carbocycles. The summed E-state index contributed by atoms with van der Waals surface area (Å²) >= 11 is 0. The number of hydrogen-bond acceptors (Lipinski definition) is 5. The van der Waals surface area contributed by atoms with Crippen LogP contribution in [0.15, 0.2) is 29.5 Å². The molecular formula is C17H22N2O5. The normalized spacial score (nSPS) is 17.9. The molecule has 1 heterocycles. The molecule has 0 aromatic heterocycles. The summed E-state index contributed by atoms with van der Waals surface area (Å²) in [5.74, 6) is -0.299. The van der Waals surface area contributed by atoms with Crippen LogP contribution in [0.5, 0.6) is 11.5 Å². The van der Waals surface area contributed by atoms with Crippen molar-refractivity contribution in [2.75, 3.05) is 7.11 Å². The van der Waals surface area contributed by atoms with E-state index in [1.54, 1.807) is 39.8 Å². The first-order valence-electron chi connectivity index (χ1n) is 7.51. The molecule has 0 fully saturated rings. The molecule has 1 aliphatic rings. The van der Waals surface area contributed by atoms with Gasteiger partial charge in [-0.3, -0.25) is 0 Å².